The van der Waals surface area contributed by atoms with Crippen molar-refractivity contribution in [2.75, 3.05) is 38.2 Å². The largest absolute Gasteiger partial charge is 0.419 e. The Morgan fingerprint density at radius 2 is 2.14 bits per heavy atom. The van der Waals surface area contributed by atoms with Crippen LogP contribution in [0.3, 0.4) is 0 Å². The highest BCUT2D eigenvalue weighted by Gasteiger charge is 2.24. The van der Waals surface area contributed by atoms with E-state index in [1.807, 2.05) is 12.1 Å². The number of aromatic nitrogens is 1. The fourth-order valence-electron chi connectivity index (χ4n) is 3.23. The Morgan fingerprint density at radius 3 is 2.86 bits per heavy atom. The fourth-order valence-corrected chi connectivity index (χ4v) is 4.09. The average molecular weight is 398 g/mol. The van der Waals surface area contributed by atoms with E-state index >= 15 is 0 Å². The van der Waals surface area contributed by atoms with Crippen LogP contribution < -0.4 is 5.32 Å². The number of anilines is 1. The number of thiophene rings is 1. The van der Waals surface area contributed by atoms with Gasteiger partial charge in [0.2, 0.25) is 17.5 Å². The third-order valence-corrected chi connectivity index (χ3v) is 5.59. The zero-order valence-corrected chi connectivity index (χ0v) is 15.9. The summed E-state index contributed by atoms with van der Waals surface area (Å²) in [5, 5.41) is 14.7. The van der Waals surface area contributed by atoms with Crippen molar-refractivity contribution in [3.05, 3.63) is 58.2 Å². The summed E-state index contributed by atoms with van der Waals surface area (Å²) in [6.45, 7) is 3.67. The van der Waals surface area contributed by atoms with Crippen LogP contribution in [0.25, 0.3) is 11.5 Å². The zero-order chi connectivity index (χ0) is 19.3. The van der Waals surface area contributed by atoms with Crippen molar-refractivity contribution in [1.82, 2.24) is 9.88 Å². The predicted molar refractivity (Wildman–Crippen MR) is 105 cm³/mol. The highest BCUT2D eigenvalue weighted by molar-refractivity contribution is 7.10. The number of nitriles is 1. The van der Waals surface area contributed by atoms with Gasteiger partial charge in [-0.05, 0) is 29.6 Å². The number of oxazole rings is 1. The summed E-state index contributed by atoms with van der Waals surface area (Å²) in [6.07, 6.45) is 0. The number of hydrogen-bond acceptors (Lipinski definition) is 7. The lowest BCUT2D eigenvalue weighted by Gasteiger charge is -2.34. The Bertz CT molecular complexity index is 961. The Balaban J connectivity index is 1.55. The Labute approximate surface area is 166 Å². The molecule has 0 unspecified atom stereocenters. The van der Waals surface area contributed by atoms with Crippen LogP contribution in [0.15, 0.2) is 46.2 Å². The molecule has 1 aromatic carbocycles. The molecule has 4 rings (SSSR count). The molecule has 0 amide bonds. The van der Waals surface area contributed by atoms with Gasteiger partial charge in [0.05, 0.1) is 19.3 Å². The van der Waals surface area contributed by atoms with E-state index in [9.17, 15) is 9.65 Å². The third kappa shape index (κ3) is 4.07. The number of nitrogens with one attached hydrogen (secondary N) is 1. The molecule has 6 nitrogen and oxygen atoms in total. The first-order valence-electron chi connectivity index (χ1n) is 9.00. The van der Waals surface area contributed by atoms with Crippen LogP contribution in [-0.2, 0) is 4.74 Å². The molecule has 1 aliphatic heterocycles. The van der Waals surface area contributed by atoms with Crippen molar-refractivity contribution in [3.63, 3.8) is 0 Å². The van der Waals surface area contributed by atoms with E-state index in [2.05, 4.69) is 26.6 Å². The van der Waals surface area contributed by atoms with Crippen molar-refractivity contribution in [3.8, 4) is 17.5 Å². The molecule has 8 heteroatoms. The van der Waals surface area contributed by atoms with Gasteiger partial charge in [-0.15, -0.1) is 11.3 Å². The fraction of sp³-hybridized carbons (Fsp3) is 0.300. The van der Waals surface area contributed by atoms with E-state index in [-0.39, 0.29) is 23.4 Å². The molecule has 0 aliphatic carbocycles. The lowest BCUT2D eigenvalue weighted by molar-refractivity contribution is 0.0193. The van der Waals surface area contributed by atoms with Gasteiger partial charge >= 0.3 is 0 Å². The number of ether oxygens (including phenoxy) is 1. The molecular formula is C20H19FN4O2S. The van der Waals surface area contributed by atoms with Gasteiger partial charge in [0.15, 0.2) is 0 Å². The van der Waals surface area contributed by atoms with E-state index in [4.69, 9.17) is 9.15 Å². The summed E-state index contributed by atoms with van der Waals surface area (Å²) < 4.78 is 24.7. The van der Waals surface area contributed by atoms with E-state index < -0.39 is 0 Å². The van der Waals surface area contributed by atoms with Crippen molar-refractivity contribution >= 4 is 17.2 Å². The van der Waals surface area contributed by atoms with Crippen LogP contribution in [0, 0.1) is 17.1 Å². The van der Waals surface area contributed by atoms with E-state index in [1.54, 1.807) is 23.5 Å². The average Bonchev–Trinajstić information content (AvgIpc) is 3.39. The Kier molecular flexibility index (Phi) is 5.67. The number of benzene rings is 1. The first-order chi connectivity index (χ1) is 13.7. The lowest BCUT2D eigenvalue weighted by Crippen LogP contribution is -2.41. The molecule has 1 fully saturated rings. The highest BCUT2D eigenvalue weighted by Crippen LogP contribution is 2.29. The second kappa shape index (κ2) is 8.52. The molecule has 0 radical (unpaired) electrons. The van der Waals surface area contributed by atoms with Gasteiger partial charge in [0, 0.05) is 30.1 Å². The van der Waals surface area contributed by atoms with Crippen molar-refractivity contribution in [2.45, 2.75) is 6.04 Å². The summed E-state index contributed by atoms with van der Waals surface area (Å²) in [5.74, 6) is 0.142. The smallest absolute Gasteiger partial charge is 0.232 e. The van der Waals surface area contributed by atoms with Gasteiger partial charge in [0.25, 0.3) is 0 Å². The first-order valence-corrected chi connectivity index (χ1v) is 9.88. The van der Waals surface area contributed by atoms with Crippen molar-refractivity contribution < 1.29 is 13.5 Å². The van der Waals surface area contributed by atoms with Gasteiger partial charge in [-0.3, -0.25) is 4.90 Å². The van der Waals surface area contributed by atoms with Crippen molar-refractivity contribution in [2.24, 2.45) is 0 Å². The predicted octanol–water partition coefficient (Wildman–Crippen LogP) is 3.90. The van der Waals surface area contributed by atoms with Crippen LogP contribution in [-0.4, -0.2) is 42.7 Å². The topological polar surface area (TPSA) is 74.3 Å². The van der Waals surface area contributed by atoms with Gasteiger partial charge in [-0.1, -0.05) is 12.1 Å². The molecule has 0 saturated carbocycles. The van der Waals surface area contributed by atoms with E-state index in [0.717, 1.165) is 13.1 Å². The van der Waals surface area contributed by atoms with Crippen LogP contribution in [0.4, 0.5) is 10.3 Å². The summed E-state index contributed by atoms with van der Waals surface area (Å²) in [4.78, 5) is 7.80. The summed E-state index contributed by atoms with van der Waals surface area (Å²) in [6, 6.07) is 12.3. The molecule has 2 aromatic heterocycles. The van der Waals surface area contributed by atoms with Crippen LogP contribution in [0.5, 0.6) is 0 Å². The molecule has 3 heterocycles. The SMILES string of the molecule is N#Cc1nc(-c2cccc(F)c2)oc1NC[C@H](c1cccs1)N1CCOCC1. The number of halogens is 1. The first kappa shape index (κ1) is 18.6. The van der Waals surface area contributed by atoms with Crippen LogP contribution in [0.1, 0.15) is 16.6 Å². The van der Waals surface area contributed by atoms with E-state index in [0.29, 0.717) is 31.2 Å². The minimum Gasteiger partial charge on any atom is -0.419 e. The molecular weight excluding hydrogens is 379 g/mol. The Morgan fingerprint density at radius 1 is 1.29 bits per heavy atom. The molecule has 0 spiro atoms. The summed E-state index contributed by atoms with van der Waals surface area (Å²) >= 11 is 1.70. The quantitative estimate of drug-likeness (QED) is 0.679. The normalized spacial score (nSPS) is 15.9. The number of rotatable bonds is 6. The van der Waals surface area contributed by atoms with Gasteiger partial charge < -0.3 is 14.5 Å². The maximum atomic E-state index is 13.5. The molecule has 1 aliphatic rings. The Hall–Kier alpha value is -2.73. The molecule has 1 N–H and O–H groups in total. The second-order valence-electron chi connectivity index (χ2n) is 6.38. The molecule has 1 saturated heterocycles. The van der Waals surface area contributed by atoms with Gasteiger partial charge in [-0.25, -0.2) is 4.39 Å². The standard InChI is InChI=1S/C20H19FN4O2S/c21-15-4-1-3-14(11-15)19-24-16(12-22)20(27-19)23-13-17(18-5-2-10-28-18)25-6-8-26-9-7-25/h1-5,10-11,17,23H,6-9,13H2/t17-/m1/s1. The van der Waals surface area contributed by atoms with E-state index in [1.165, 1.54) is 17.0 Å². The third-order valence-electron chi connectivity index (χ3n) is 4.62. The molecule has 1 atom stereocenters. The van der Waals surface area contributed by atoms with Crippen LogP contribution in [0.2, 0.25) is 0 Å². The number of hydrogen-bond donors (Lipinski definition) is 1. The summed E-state index contributed by atoms with van der Waals surface area (Å²) in [7, 11) is 0. The highest BCUT2D eigenvalue weighted by atomic mass is 32.1. The van der Waals surface area contributed by atoms with Crippen LogP contribution >= 0.6 is 11.3 Å². The minimum absolute atomic E-state index is 0.137. The second-order valence-corrected chi connectivity index (χ2v) is 7.36. The molecule has 0 bridgehead atoms. The molecule has 144 valence electrons. The molecule has 3 aromatic rings. The monoisotopic (exact) mass is 398 g/mol. The summed E-state index contributed by atoms with van der Waals surface area (Å²) in [5.41, 5.74) is 0.652. The van der Waals surface area contributed by atoms with Gasteiger partial charge in [-0.2, -0.15) is 10.2 Å². The number of morpholine rings is 1. The van der Waals surface area contributed by atoms with Gasteiger partial charge in [0.1, 0.15) is 11.9 Å². The maximum absolute atomic E-state index is 13.5. The number of nitrogens with zero attached hydrogens (tertiary/aromatic N) is 3. The lowest BCUT2D eigenvalue weighted by atomic mass is 10.2. The minimum atomic E-state index is -0.381. The molecule has 28 heavy (non-hydrogen) atoms. The van der Waals surface area contributed by atoms with Crippen molar-refractivity contribution in [1.29, 1.82) is 5.26 Å². The maximum Gasteiger partial charge on any atom is 0.232 e. The zero-order valence-electron chi connectivity index (χ0n) is 15.1.